The van der Waals surface area contributed by atoms with Crippen molar-refractivity contribution in [3.63, 3.8) is 0 Å². The minimum Gasteiger partial charge on any atom is -0.382 e. The van der Waals surface area contributed by atoms with Crippen molar-refractivity contribution < 1.29 is 9.90 Å². The highest BCUT2D eigenvalue weighted by Gasteiger charge is 2.35. The third-order valence-corrected chi connectivity index (χ3v) is 5.72. The minimum atomic E-state index is -0.853. The molecular formula is C15H28INO2. The number of hydrogen-bond acceptors (Lipinski definition) is 2. The van der Waals surface area contributed by atoms with Gasteiger partial charge < -0.3 is 10.0 Å². The average Bonchev–Trinajstić information content (AvgIpc) is 2.37. The zero-order valence-electron chi connectivity index (χ0n) is 12.6. The van der Waals surface area contributed by atoms with Gasteiger partial charge in [0.25, 0.3) is 5.91 Å². The SMILES string of the molecule is CC(C)N(C(=O)[C@@H](O)[C@H](I)C1CCCCC1)C(C)C. The van der Waals surface area contributed by atoms with Crippen LogP contribution in [0.3, 0.4) is 0 Å². The molecule has 0 heterocycles. The molecule has 3 nitrogen and oxygen atoms in total. The van der Waals surface area contributed by atoms with E-state index in [9.17, 15) is 9.90 Å². The van der Waals surface area contributed by atoms with Gasteiger partial charge in [-0.2, -0.15) is 0 Å². The molecule has 19 heavy (non-hydrogen) atoms. The summed E-state index contributed by atoms with van der Waals surface area (Å²) < 4.78 is 0.0467. The molecule has 1 saturated carbocycles. The van der Waals surface area contributed by atoms with Crippen LogP contribution in [0, 0.1) is 5.92 Å². The van der Waals surface area contributed by atoms with Crippen LogP contribution in [0.4, 0.5) is 0 Å². The number of carbonyl (C=O) groups is 1. The summed E-state index contributed by atoms with van der Waals surface area (Å²) in [6.45, 7) is 8.03. The number of aliphatic hydroxyl groups excluding tert-OH is 1. The Labute approximate surface area is 131 Å². The molecule has 0 aromatic carbocycles. The molecular weight excluding hydrogens is 353 g/mol. The van der Waals surface area contributed by atoms with Crippen molar-refractivity contribution in [1.82, 2.24) is 4.90 Å². The molecule has 1 N–H and O–H groups in total. The quantitative estimate of drug-likeness (QED) is 0.586. The van der Waals surface area contributed by atoms with Crippen molar-refractivity contribution in [2.45, 2.75) is 81.9 Å². The molecule has 0 aliphatic heterocycles. The molecule has 1 aliphatic carbocycles. The lowest BCUT2D eigenvalue weighted by Crippen LogP contribution is -2.50. The van der Waals surface area contributed by atoms with Crippen LogP contribution < -0.4 is 0 Å². The number of amides is 1. The van der Waals surface area contributed by atoms with E-state index in [2.05, 4.69) is 22.6 Å². The number of rotatable bonds is 5. The Hall–Kier alpha value is 0.160. The first-order chi connectivity index (χ1) is 8.86. The first-order valence-electron chi connectivity index (χ1n) is 7.50. The van der Waals surface area contributed by atoms with E-state index in [1.807, 2.05) is 27.7 Å². The van der Waals surface area contributed by atoms with Crippen LogP contribution in [-0.2, 0) is 4.79 Å². The Balaban J connectivity index is 2.68. The minimum absolute atomic E-state index is 0.0467. The highest BCUT2D eigenvalue weighted by atomic mass is 127. The lowest BCUT2D eigenvalue weighted by molar-refractivity contribution is -0.144. The fraction of sp³-hybridized carbons (Fsp3) is 0.933. The van der Waals surface area contributed by atoms with E-state index in [1.165, 1.54) is 19.3 Å². The van der Waals surface area contributed by atoms with Crippen LogP contribution in [-0.4, -0.2) is 38.0 Å². The second kappa shape index (κ2) is 7.81. The lowest BCUT2D eigenvalue weighted by Gasteiger charge is -2.36. The van der Waals surface area contributed by atoms with Crippen LogP contribution in [0.5, 0.6) is 0 Å². The Morgan fingerprint density at radius 3 is 2.00 bits per heavy atom. The van der Waals surface area contributed by atoms with Crippen molar-refractivity contribution in [3.05, 3.63) is 0 Å². The number of halogens is 1. The third-order valence-electron chi connectivity index (χ3n) is 4.02. The Bertz CT molecular complexity index is 280. The standard InChI is InChI=1S/C15H28INO2/c1-10(2)17(11(3)4)15(19)14(18)13(16)12-8-6-5-7-9-12/h10-14,18H,5-9H2,1-4H3/t13-,14+/m1/s1. The Morgan fingerprint density at radius 1 is 1.11 bits per heavy atom. The molecule has 1 rings (SSSR count). The summed E-state index contributed by atoms with van der Waals surface area (Å²) in [4.78, 5) is 14.3. The van der Waals surface area contributed by atoms with Crippen LogP contribution >= 0.6 is 22.6 Å². The molecule has 0 spiro atoms. The maximum absolute atomic E-state index is 12.5. The van der Waals surface area contributed by atoms with E-state index < -0.39 is 6.10 Å². The average molecular weight is 381 g/mol. The zero-order chi connectivity index (χ0) is 14.6. The summed E-state index contributed by atoms with van der Waals surface area (Å²) in [6, 6.07) is 0.272. The fourth-order valence-electron chi connectivity index (χ4n) is 3.10. The molecule has 1 aliphatic rings. The number of aliphatic hydroxyl groups is 1. The predicted molar refractivity (Wildman–Crippen MR) is 87.5 cm³/mol. The topological polar surface area (TPSA) is 40.5 Å². The van der Waals surface area contributed by atoms with E-state index in [0.29, 0.717) is 5.92 Å². The highest BCUT2D eigenvalue weighted by molar-refractivity contribution is 14.1. The van der Waals surface area contributed by atoms with E-state index in [0.717, 1.165) is 12.8 Å². The molecule has 112 valence electrons. The van der Waals surface area contributed by atoms with Gasteiger partial charge in [0.15, 0.2) is 0 Å². The van der Waals surface area contributed by atoms with Crippen LogP contribution in [0.15, 0.2) is 0 Å². The third kappa shape index (κ3) is 4.59. The van der Waals surface area contributed by atoms with Crippen LogP contribution in [0.2, 0.25) is 0 Å². The van der Waals surface area contributed by atoms with Crippen LogP contribution in [0.25, 0.3) is 0 Å². The molecule has 1 amide bonds. The molecule has 0 saturated heterocycles. The summed E-state index contributed by atoms with van der Waals surface area (Å²) in [5.41, 5.74) is 0. The van der Waals surface area contributed by atoms with Gasteiger partial charge in [-0.1, -0.05) is 41.9 Å². The van der Waals surface area contributed by atoms with E-state index in [4.69, 9.17) is 0 Å². The second-order valence-electron chi connectivity index (χ2n) is 6.22. The van der Waals surface area contributed by atoms with Crippen molar-refractivity contribution >= 4 is 28.5 Å². The first-order valence-corrected chi connectivity index (χ1v) is 8.75. The van der Waals surface area contributed by atoms with Crippen molar-refractivity contribution in [2.24, 2.45) is 5.92 Å². The van der Waals surface area contributed by atoms with Gasteiger partial charge in [-0.25, -0.2) is 0 Å². The maximum Gasteiger partial charge on any atom is 0.252 e. The lowest BCUT2D eigenvalue weighted by atomic mass is 9.85. The molecule has 0 radical (unpaired) electrons. The fourth-order valence-corrected chi connectivity index (χ4v) is 4.13. The monoisotopic (exact) mass is 381 g/mol. The molecule has 2 atom stereocenters. The zero-order valence-corrected chi connectivity index (χ0v) is 14.8. The molecule has 1 fully saturated rings. The Kier molecular flexibility index (Phi) is 7.08. The molecule has 0 aromatic rings. The summed E-state index contributed by atoms with van der Waals surface area (Å²) in [5.74, 6) is 0.393. The molecule has 0 aromatic heterocycles. The van der Waals surface area contributed by atoms with Gasteiger partial charge in [0.2, 0.25) is 0 Å². The normalized spacial score (nSPS) is 20.6. The molecule has 0 bridgehead atoms. The van der Waals surface area contributed by atoms with Gasteiger partial charge in [-0.05, 0) is 46.5 Å². The van der Waals surface area contributed by atoms with E-state index in [-0.39, 0.29) is 21.9 Å². The van der Waals surface area contributed by atoms with Crippen molar-refractivity contribution in [3.8, 4) is 0 Å². The summed E-state index contributed by atoms with van der Waals surface area (Å²) in [5, 5.41) is 10.4. The van der Waals surface area contributed by atoms with Gasteiger partial charge in [0, 0.05) is 16.0 Å². The molecule has 4 heteroatoms. The largest absolute Gasteiger partial charge is 0.382 e. The Morgan fingerprint density at radius 2 is 1.58 bits per heavy atom. The molecule has 0 unspecified atom stereocenters. The van der Waals surface area contributed by atoms with Gasteiger partial charge in [0.05, 0.1) is 0 Å². The smallest absolute Gasteiger partial charge is 0.252 e. The highest BCUT2D eigenvalue weighted by Crippen LogP contribution is 2.32. The summed E-state index contributed by atoms with van der Waals surface area (Å²) in [6.07, 6.45) is 5.23. The van der Waals surface area contributed by atoms with Crippen molar-refractivity contribution in [1.29, 1.82) is 0 Å². The van der Waals surface area contributed by atoms with Gasteiger partial charge in [0.1, 0.15) is 6.10 Å². The first kappa shape index (κ1) is 17.2. The number of hydrogen-bond donors (Lipinski definition) is 1. The van der Waals surface area contributed by atoms with Crippen molar-refractivity contribution in [2.75, 3.05) is 0 Å². The van der Waals surface area contributed by atoms with Gasteiger partial charge in [-0.15, -0.1) is 0 Å². The maximum atomic E-state index is 12.5. The predicted octanol–water partition coefficient (Wildman–Crippen LogP) is 3.38. The van der Waals surface area contributed by atoms with E-state index in [1.54, 1.807) is 4.90 Å². The van der Waals surface area contributed by atoms with Gasteiger partial charge >= 0.3 is 0 Å². The number of carbonyl (C=O) groups excluding carboxylic acids is 1. The number of nitrogens with zero attached hydrogens (tertiary/aromatic N) is 1. The van der Waals surface area contributed by atoms with E-state index >= 15 is 0 Å². The van der Waals surface area contributed by atoms with Gasteiger partial charge in [-0.3, -0.25) is 4.79 Å². The number of alkyl halides is 1. The van der Waals surface area contributed by atoms with Crippen LogP contribution in [0.1, 0.15) is 59.8 Å². The second-order valence-corrected chi connectivity index (χ2v) is 7.66. The summed E-state index contributed by atoms with van der Waals surface area (Å²) >= 11 is 2.28. The summed E-state index contributed by atoms with van der Waals surface area (Å²) in [7, 11) is 0.